The Morgan fingerprint density at radius 1 is 1.30 bits per heavy atom. The van der Waals surface area contributed by atoms with E-state index < -0.39 is 11.9 Å². The van der Waals surface area contributed by atoms with Crippen molar-refractivity contribution in [2.45, 2.75) is 25.8 Å². The van der Waals surface area contributed by atoms with E-state index in [1.807, 2.05) is 37.3 Å². The molecule has 110 valence electrons. The predicted octanol–water partition coefficient (Wildman–Crippen LogP) is 1.13. The summed E-state index contributed by atoms with van der Waals surface area (Å²) in [5.41, 5.74) is 6.63. The van der Waals surface area contributed by atoms with Gasteiger partial charge in [-0.2, -0.15) is 0 Å². The van der Waals surface area contributed by atoms with Crippen molar-refractivity contribution in [1.82, 2.24) is 4.90 Å². The fraction of sp³-hybridized carbons (Fsp3) is 0.467. The van der Waals surface area contributed by atoms with Gasteiger partial charge in [0.1, 0.15) is 0 Å². The number of hydrogen-bond acceptors (Lipinski definition) is 3. The van der Waals surface area contributed by atoms with Crippen LogP contribution >= 0.6 is 0 Å². The third-order valence-electron chi connectivity index (χ3n) is 3.03. The first kappa shape index (κ1) is 16.2. The summed E-state index contributed by atoms with van der Waals surface area (Å²) in [5.74, 6) is -1.69. The van der Waals surface area contributed by atoms with Crippen LogP contribution in [-0.2, 0) is 16.0 Å². The highest BCUT2D eigenvalue weighted by Crippen LogP contribution is 2.15. The first-order chi connectivity index (χ1) is 9.40. The standard InChI is InChI=1S/C15H22N2O3/c1-11(16)10-17(2)15(20)13(9-14(18)19)8-12-6-4-3-5-7-12/h3-7,11,13H,8-10,16H2,1-2H3,(H,18,19)/t11-,13+/m0/s1. The molecule has 5 heteroatoms. The number of amides is 1. The second-order valence-corrected chi connectivity index (χ2v) is 5.18. The quantitative estimate of drug-likeness (QED) is 0.783. The lowest BCUT2D eigenvalue weighted by Crippen LogP contribution is -2.41. The van der Waals surface area contributed by atoms with Crippen molar-refractivity contribution in [3.05, 3.63) is 35.9 Å². The van der Waals surface area contributed by atoms with Gasteiger partial charge in [-0.05, 0) is 18.9 Å². The fourth-order valence-corrected chi connectivity index (χ4v) is 2.19. The molecule has 5 nitrogen and oxygen atoms in total. The Morgan fingerprint density at radius 2 is 1.90 bits per heavy atom. The number of carboxylic acids is 1. The molecule has 1 aromatic rings. The highest BCUT2D eigenvalue weighted by molar-refractivity contribution is 5.83. The number of hydrogen-bond donors (Lipinski definition) is 2. The van der Waals surface area contributed by atoms with Crippen LogP contribution in [0.25, 0.3) is 0 Å². The van der Waals surface area contributed by atoms with Crippen molar-refractivity contribution in [1.29, 1.82) is 0 Å². The monoisotopic (exact) mass is 278 g/mol. The summed E-state index contributed by atoms with van der Waals surface area (Å²) in [6, 6.07) is 9.31. The van der Waals surface area contributed by atoms with E-state index in [0.717, 1.165) is 5.56 Å². The molecule has 0 spiro atoms. The van der Waals surface area contributed by atoms with Gasteiger partial charge in [-0.15, -0.1) is 0 Å². The minimum absolute atomic E-state index is 0.133. The molecule has 0 aromatic heterocycles. The highest BCUT2D eigenvalue weighted by atomic mass is 16.4. The molecule has 0 radical (unpaired) electrons. The van der Waals surface area contributed by atoms with E-state index in [1.165, 1.54) is 4.90 Å². The van der Waals surface area contributed by atoms with Crippen molar-refractivity contribution in [2.75, 3.05) is 13.6 Å². The lowest BCUT2D eigenvalue weighted by atomic mass is 9.94. The number of rotatable bonds is 7. The van der Waals surface area contributed by atoms with Gasteiger partial charge in [-0.3, -0.25) is 9.59 Å². The number of nitrogens with zero attached hydrogens (tertiary/aromatic N) is 1. The molecule has 1 aromatic carbocycles. The molecular weight excluding hydrogens is 256 g/mol. The Kier molecular flexibility index (Phi) is 6.18. The average Bonchev–Trinajstić information content (AvgIpc) is 2.37. The Bertz CT molecular complexity index is 446. The number of aliphatic carboxylic acids is 1. The molecule has 0 saturated heterocycles. The molecule has 0 bridgehead atoms. The normalized spacial score (nSPS) is 13.6. The van der Waals surface area contributed by atoms with E-state index in [4.69, 9.17) is 10.8 Å². The molecular formula is C15H22N2O3. The molecule has 2 atom stereocenters. The van der Waals surface area contributed by atoms with E-state index in [-0.39, 0.29) is 18.4 Å². The lowest BCUT2D eigenvalue weighted by Gasteiger charge is -2.24. The zero-order valence-electron chi connectivity index (χ0n) is 12.0. The SMILES string of the molecule is C[C@H](N)CN(C)C(=O)[C@@H](CC(=O)O)Cc1ccccc1. The molecule has 0 heterocycles. The van der Waals surface area contributed by atoms with Gasteiger partial charge < -0.3 is 15.7 Å². The molecule has 3 N–H and O–H groups in total. The summed E-state index contributed by atoms with van der Waals surface area (Å²) in [6.07, 6.45) is 0.256. The van der Waals surface area contributed by atoms with Gasteiger partial charge in [0, 0.05) is 19.6 Å². The highest BCUT2D eigenvalue weighted by Gasteiger charge is 2.25. The van der Waals surface area contributed by atoms with Crippen LogP contribution in [0.4, 0.5) is 0 Å². The van der Waals surface area contributed by atoms with Crippen molar-refractivity contribution in [3.8, 4) is 0 Å². The molecule has 0 unspecified atom stereocenters. The van der Waals surface area contributed by atoms with Crippen LogP contribution in [0.1, 0.15) is 18.9 Å². The van der Waals surface area contributed by atoms with Gasteiger partial charge in [0.05, 0.1) is 12.3 Å². The Morgan fingerprint density at radius 3 is 2.40 bits per heavy atom. The third kappa shape index (κ3) is 5.40. The molecule has 1 rings (SSSR count). The Labute approximate surface area is 119 Å². The first-order valence-corrected chi connectivity index (χ1v) is 6.66. The number of benzene rings is 1. The van der Waals surface area contributed by atoms with E-state index in [9.17, 15) is 9.59 Å². The number of likely N-dealkylation sites (N-methyl/N-ethyl adjacent to an activating group) is 1. The van der Waals surface area contributed by atoms with E-state index >= 15 is 0 Å². The van der Waals surface area contributed by atoms with Gasteiger partial charge in [0.2, 0.25) is 5.91 Å². The van der Waals surface area contributed by atoms with E-state index in [0.29, 0.717) is 13.0 Å². The topological polar surface area (TPSA) is 83.6 Å². The first-order valence-electron chi connectivity index (χ1n) is 6.66. The Hall–Kier alpha value is -1.88. The van der Waals surface area contributed by atoms with Crippen molar-refractivity contribution in [2.24, 2.45) is 11.7 Å². The molecule has 1 amide bonds. The predicted molar refractivity (Wildman–Crippen MR) is 77.2 cm³/mol. The minimum Gasteiger partial charge on any atom is -0.481 e. The van der Waals surface area contributed by atoms with Crippen LogP contribution in [-0.4, -0.2) is 41.5 Å². The van der Waals surface area contributed by atoms with E-state index in [2.05, 4.69) is 0 Å². The number of carbonyl (C=O) groups excluding carboxylic acids is 1. The van der Waals surface area contributed by atoms with E-state index in [1.54, 1.807) is 7.05 Å². The van der Waals surface area contributed by atoms with Crippen LogP contribution in [0.5, 0.6) is 0 Å². The molecule has 0 fully saturated rings. The number of carbonyl (C=O) groups is 2. The molecule has 0 aliphatic carbocycles. The summed E-state index contributed by atoms with van der Waals surface area (Å²) in [7, 11) is 1.66. The summed E-state index contributed by atoms with van der Waals surface area (Å²) in [6.45, 7) is 2.23. The molecule has 0 saturated carbocycles. The van der Waals surface area contributed by atoms with Crippen molar-refractivity contribution >= 4 is 11.9 Å². The second-order valence-electron chi connectivity index (χ2n) is 5.18. The zero-order valence-corrected chi connectivity index (χ0v) is 12.0. The second kappa shape index (κ2) is 7.65. The molecule has 0 aliphatic rings. The third-order valence-corrected chi connectivity index (χ3v) is 3.03. The van der Waals surface area contributed by atoms with Gasteiger partial charge >= 0.3 is 5.97 Å². The minimum atomic E-state index is -0.964. The smallest absolute Gasteiger partial charge is 0.304 e. The maximum absolute atomic E-state index is 12.3. The van der Waals surface area contributed by atoms with Gasteiger partial charge in [0.15, 0.2) is 0 Å². The Balaban J connectivity index is 2.78. The summed E-state index contributed by atoms with van der Waals surface area (Å²) >= 11 is 0. The van der Waals surface area contributed by atoms with Crippen LogP contribution in [0.3, 0.4) is 0 Å². The number of carboxylic acid groups (broad SMARTS) is 1. The maximum atomic E-state index is 12.3. The molecule has 20 heavy (non-hydrogen) atoms. The van der Waals surface area contributed by atoms with Crippen LogP contribution in [0, 0.1) is 5.92 Å². The zero-order chi connectivity index (χ0) is 15.1. The lowest BCUT2D eigenvalue weighted by molar-refractivity contribution is -0.144. The van der Waals surface area contributed by atoms with Gasteiger partial charge in [-0.25, -0.2) is 0 Å². The van der Waals surface area contributed by atoms with Crippen LogP contribution in [0.15, 0.2) is 30.3 Å². The summed E-state index contributed by atoms with van der Waals surface area (Å²) < 4.78 is 0. The maximum Gasteiger partial charge on any atom is 0.304 e. The molecule has 0 aliphatic heterocycles. The van der Waals surface area contributed by atoms with Crippen LogP contribution < -0.4 is 5.73 Å². The fourth-order valence-electron chi connectivity index (χ4n) is 2.19. The van der Waals surface area contributed by atoms with Crippen molar-refractivity contribution in [3.63, 3.8) is 0 Å². The van der Waals surface area contributed by atoms with Gasteiger partial charge in [-0.1, -0.05) is 30.3 Å². The summed E-state index contributed by atoms with van der Waals surface area (Å²) in [4.78, 5) is 24.8. The van der Waals surface area contributed by atoms with Crippen LogP contribution in [0.2, 0.25) is 0 Å². The largest absolute Gasteiger partial charge is 0.481 e. The van der Waals surface area contributed by atoms with Gasteiger partial charge in [0.25, 0.3) is 0 Å². The number of nitrogens with two attached hydrogens (primary N) is 1. The summed E-state index contributed by atoms with van der Waals surface area (Å²) in [5, 5.41) is 8.98. The average molecular weight is 278 g/mol. The van der Waals surface area contributed by atoms with Crippen molar-refractivity contribution < 1.29 is 14.7 Å².